The zero-order valence-electron chi connectivity index (χ0n) is 4.47. The third-order valence-electron chi connectivity index (χ3n) is 0.796. The van der Waals surface area contributed by atoms with E-state index < -0.39 is 0 Å². The first-order valence-electron chi connectivity index (χ1n) is 2.26. The summed E-state index contributed by atoms with van der Waals surface area (Å²) in [5.41, 5.74) is 0. The van der Waals surface area contributed by atoms with Crippen LogP contribution in [0.3, 0.4) is 0 Å². The fourth-order valence-corrected chi connectivity index (χ4v) is 1.09. The Labute approximate surface area is 52.0 Å². The molecule has 0 aliphatic carbocycles. The van der Waals surface area contributed by atoms with Crippen LogP contribution in [0.1, 0.15) is 14.5 Å². The quantitative estimate of drug-likeness (QED) is 0.522. The van der Waals surface area contributed by atoms with E-state index in [1.165, 1.54) is 11.3 Å². The summed E-state index contributed by atoms with van der Waals surface area (Å²) in [4.78, 5) is 11.8. The molecule has 0 aromatic carbocycles. The molecule has 0 aliphatic heterocycles. The van der Waals surface area contributed by atoms with Crippen LogP contribution < -0.4 is 0 Å². The van der Waals surface area contributed by atoms with Crippen molar-refractivity contribution in [1.82, 2.24) is 0 Å². The van der Waals surface area contributed by atoms with Crippen molar-refractivity contribution in [2.24, 2.45) is 0 Å². The highest BCUT2D eigenvalue weighted by atomic mass is 32.1. The van der Waals surface area contributed by atoms with Crippen LogP contribution in [0.4, 0.5) is 0 Å². The van der Waals surface area contributed by atoms with E-state index in [0.717, 1.165) is 11.2 Å². The zero-order valence-corrected chi connectivity index (χ0v) is 5.29. The Balaban J connectivity index is 3.00. The Kier molecular flexibility index (Phi) is 1.44. The van der Waals surface area contributed by atoms with E-state index in [9.17, 15) is 4.79 Å². The SMILES string of the molecule is Cc1c[c]c(C=O)s1. The monoisotopic (exact) mass is 125 g/mol. The fourth-order valence-electron chi connectivity index (χ4n) is 0.463. The lowest BCUT2D eigenvalue weighted by Crippen LogP contribution is -1.62. The standard InChI is InChI=1S/C6H5OS/c1-5-2-3-6(4-7)8-5/h2,4H,1H3. The maximum Gasteiger partial charge on any atom is 0.160 e. The molecule has 0 fully saturated rings. The Morgan fingerprint density at radius 1 is 1.88 bits per heavy atom. The van der Waals surface area contributed by atoms with Crippen LogP contribution in [0, 0.1) is 13.0 Å². The maximum atomic E-state index is 10.00. The van der Waals surface area contributed by atoms with Gasteiger partial charge in [-0.25, -0.2) is 0 Å². The molecule has 1 heterocycles. The van der Waals surface area contributed by atoms with Gasteiger partial charge in [0.25, 0.3) is 0 Å². The van der Waals surface area contributed by atoms with Gasteiger partial charge >= 0.3 is 0 Å². The number of aldehydes is 1. The largest absolute Gasteiger partial charge is 0.297 e. The predicted molar refractivity (Wildman–Crippen MR) is 33.3 cm³/mol. The number of carbonyl (C=O) groups is 1. The van der Waals surface area contributed by atoms with Crippen LogP contribution in [0.25, 0.3) is 0 Å². The van der Waals surface area contributed by atoms with E-state index in [2.05, 4.69) is 6.07 Å². The molecule has 0 atom stereocenters. The molecule has 8 heavy (non-hydrogen) atoms. The van der Waals surface area contributed by atoms with Gasteiger partial charge < -0.3 is 0 Å². The molecule has 2 heteroatoms. The van der Waals surface area contributed by atoms with Gasteiger partial charge in [-0.2, -0.15) is 0 Å². The molecule has 0 unspecified atom stereocenters. The molecule has 0 saturated heterocycles. The first-order valence-corrected chi connectivity index (χ1v) is 3.08. The number of hydrogen-bond acceptors (Lipinski definition) is 2. The average Bonchev–Trinajstić information content (AvgIpc) is 2.14. The fraction of sp³-hybridized carbons (Fsp3) is 0.167. The minimum absolute atomic E-state index is 0.683. The van der Waals surface area contributed by atoms with E-state index in [4.69, 9.17) is 0 Å². The molecular weight excluding hydrogens is 120 g/mol. The Bertz CT molecular complexity index is 190. The van der Waals surface area contributed by atoms with Crippen LogP contribution >= 0.6 is 11.3 Å². The van der Waals surface area contributed by atoms with Gasteiger partial charge in [0.15, 0.2) is 6.29 Å². The minimum Gasteiger partial charge on any atom is -0.297 e. The molecular formula is C6H5OS. The van der Waals surface area contributed by atoms with E-state index in [1.54, 1.807) is 0 Å². The number of carbonyl (C=O) groups excluding carboxylic acids is 1. The number of hydrogen-bond donors (Lipinski definition) is 0. The highest BCUT2D eigenvalue weighted by Crippen LogP contribution is 2.10. The van der Waals surface area contributed by atoms with Crippen molar-refractivity contribution in [3.8, 4) is 0 Å². The third kappa shape index (κ3) is 0.954. The average molecular weight is 125 g/mol. The van der Waals surface area contributed by atoms with Crippen molar-refractivity contribution >= 4 is 17.6 Å². The van der Waals surface area contributed by atoms with Crippen molar-refractivity contribution < 1.29 is 4.79 Å². The summed E-state index contributed by atoms with van der Waals surface area (Å²) in [5.74, 6) is 0. The van der Waals surface area contributed by atoms with E-state index in [0.29, 0.717) is 4.88 Å². The first-order chi connectivity index (χ1) is 3.83. The van der Waals surface area contributed by atoms with E-state index >= 15 is 0 Å². The molecule has 1 radical (unpaired) electrons. The van der Waals surface area contributed by atoms with E-state index in [-0.39, 0.29) is 0 Å². The lowest BCUT2D eigenvalue weighted by atomic mass is 10.5. The highest BCUT2D eigenvalue weighted by molar-refractivity contribution is 7.13. The maximum absolute atomic E-state index is 10.00. The lowest BCUT2D eigenvalue weighted by molar-refractivity contribution is 0.112. The number of thiophene rings is 1. The lowest BCUT2D eigenvalue weighted by Gasteiger charge is -1.71. The summed E-state index contributed by atoms with van der Waals surface area (Å²) >= 11 is 1.46. The first kappa shape index (κ1) is 5.51. The van der Waals surface area contributed by atoms with Crippen LogP contribution in [0.5, 0.6) is 0 Å². The molecule has 0 aliphatic rings. The summed E-state index contributed by atoms with van der Waals surface area (Å²) < 4.78 is 0. The number of aryl methyl sites for hydroxylation is 1. The van der Waals surface area contributed by atoms with Crippen molar-refractivity contribution in [3.63, 3.8) is 0 Å². The summed E-state index contributed by atoms with van der Waals surface area (Å²) in [6, 6.07) is 4.62. The minimum atomic E-state index is 0.683. The molecule has 0 amide bonds. The summed E-state index contributed by atoms with van der Waals surface area (Å²) in [6.45, 7) is 1.95. The van der Waals surface area contributed by atoms with Gasteiger partial charge in [0.1, 0.15) is 0 Å². The topological polar surface area (TPSA) is 17.1 Å². The van der Waals surface area contributed by atoms with Gasteiger partial charge in [-0.05, 0) is 13.0 Å². The Morgan fingerprint density at radius 3 is 2.88 bits per heavy atom. The van der Waals surface area contributed by atoms with Crippen molar-refractivity contribution in [2.75, 3.05) is 0 Å². The Morgan fingerprint density at radius 2 is 2.62 bits per heavy atom. The number of rotatable bonds is 1. The summed E-state index contributed by atoms with van der Waals surface area (Å²) in [7, 11) is 0. The molecule has 1 rings (SSSR count). The van der Waals surface area contributed by atoms with Crippen molar-refractivity contribution in [3.05, 3.63) is 21.9 Å². The van der Waals surface area contributed by atoms with Crippen molar-refractivity contribution in [1.29, 1.82) is 0 Å². The third-order valence-corrected chi connectivity index (χ3v) is 1.67. The molecule has 0 saturated carbocycles. The molecule has 0 spiro atoms. The van der Waals surface area contributed by atoms with Crippen LogP contribution in [-0.2, 0) is 0 Å². The van der Waals surface area contributed by atoms with Crippen LogP contribution in [-0.4, -0.2) is 6.29 Å². The second-order valence-electron chi connectivity index (χ2n) is 1.48. The van der Waals surface area contributed by atoms with E-state index in [1.807, 2.05) is 13.0 Å². The van der Waals surface area contributed by atoms with Crippen LogP contribution in [0.15, 0.2) is 6.07 Å². The van der Waals surface area contributed by atoms with Gasteiger partial charge in [0.05, 0.1) is 4.88 Å². The van der Waals surface area contributed by atoms with Gasteiger partial charge in [-0.15, -0.1) is 11.3 Å². The van der Waals surface area contributed by atoms with Gasteiger partial charge in [-0.3, -0.25) is 4.79 Å². The predicted octanol–water partition coefficient (Wildman–Crippen LogP) is 1.67. The molecule has 0 bridgehead atoms. The Hall–Kier alpha value is -0.630. The second-order valence-corrected chi connectivity index (χ2v) is 2.77. The molecule has 1 aromatic heterocycles. The zero-order chi connectivity index (χ0) is 5.98. The summed E-state index contributed by atoms with van der Waals surface area (Å²) in [5, 5.41) is 0. The second kappa shape index (κ2) is 2.09. The van der Waals surface area contributed by atoms with Gasteiger partial charge in [0, 0.05) is 10.9 Å². The molecule has 1 nitrogen and oxygen atoms in total. The molecule has 41 valence electrons. The normalized spacial score (nSPS) is 9.12. The smallest absolute Gasteiger partial charge is 0.160 e. The van der Waals surface area contributed by atoms with Crippen LogP contribution in [0.2, 0.25) is 0 Å². The van der Waals surface area contributed by atoms with Gasteiger partial charge in [0.2, 0.25) is 0 Å². The molecule has 0 N–H and O–H groups in total. The van der Waals surface area contributed by atoms with Gasteiger partial charge in [-0.1, -0.05) is 0 Å². The highest BCUT2D eigenvalue weighted by Gasteiger charge is 1.90. The van der Waals surface area contributed by atoms with Crippen molar-refractivity contribution in [2.45, 2.75) is 6.92 Å². The molecule has 1 aromatic rings. The summed E-state index contributed by atoms with van der Waals surface area (Å²) in [6.07, 6.45) is 0.817.